The second-order valence-electron chi connectivity index (χ2n) is 5.07. The molecule has 108 valence electrons. The van der Waals surface area contributed by atoms with E-state index in [1.54, 1.807) is 36.4 Å². The summed E-state index contributed by atoms with van der Waals surface area (Å²) in [6.07, 6.45) is 0.462. The Morgan fingerprint density at radius 1 is 1.18 bits per heavy atom. The van der Waals surface area contributed by atoms with Crippen molar-refractivity contribution in [3.63, 3.8) is 0 Å². The van der Waals surface area contributed by atoms with E-state index < -0.39 is 6.04 Å². The minimum absolute atomic E-state index is 0.234. The molecule has 0 spiro atoms. The van der Waals surface area contributed by atoms with Gasteiger partial charge < -0.3 is 10.6 Å². The van der Waals surface area contributed by atoms with Crippen molar-refractivity contribution in [2.45, 2.75) is 12.5 Å². The maximum absolute atomic E-state index is 12.3. The number of amides is 2. The van der Waals surface area contributed by atoms with Crippen molar-refractivity contribution in [3.05, 3.63) is 65.2 Å². The molecule has 0 aromatic heterocycles. The van der Waals surface area contributed by atoms with Gasteiger partial charge in [0.05, 0.1) is 11.6 Å². The highest BCUT2D eigenvalue weighted by Crippen LogP contribution is 2.17. The highest BCUT2D eigenvalue weighted by molar-refractivity contribution is 6.03. The lowest BCUT2D eigenvalue weighted by molar-refractivity contribution is -0.118. The lowest BCUT2D eigenvalue weighted by atomic mass is 9.95. The molecule has 2 aromatic rings. The second kappa shape index (κ2) is 5.70. The number of rotatable bonds is 2. The molecule has 2 N–H and O–H groups in total. The third-order valence-corrected chi connectivity index (χ3v) is 3.59. The lowest BCUT2D eigenvalue weighted by Gasteiger charge is -2.24. The SMILES string of the molecule is N#Cc1ccc(NC(=O)C2Cc3ccccc3C(=O)N2)cc1. The molecule has 22 heavy (non-hydrogen) atoms. The molecular formula is C17H13N3O2. The fourth-order valence-electron chi connectivity index (χ4n) is 2.44. The zero-order chi connectivity index (χ0) is 15.5. The number of fused-ring (bicyclic) bond motifs is 1. The molecule has 1 aliphatic rings. The normalized spacial score (nSPS) is 16.1. The Kier molecular flexibility index (Phi) is 3.58. The Morgan fingerprint density at radius 2 is 1.91 bits per heavy atom. The van der Waals surface area contributed by atoms with Crippen molar-refractivity contribution < 1.29 is 9.59 Å². The Morgan fingerprint density at radius 3 is 2.64 bits per heavy atom. The fraction of sp³-hybridized carbons (Fsp3) is 0.118. The summed E-state index contributed by atoms with van der Waals surface area (Å²) in [5, 5.41) is 14.2. The van der Waals surface area contributed by atoms with E-state index in [2.05, 4.69) is 10.6 Å². The number of hydrogen-bond acceptors (Lipinski definition) is 3. The molecule has 0 fully saturated rings. The van der Waals surface area contributed by atoms with Crippen LogP contribution in [0.3, 0.4) is 0 Å². The molecule has 5 heteroatoms. The van der Waals surface area contributed by atoms with Crippen LogP contribution in [0.2, 0.25) is 0 Å². The number of carbonyl (C=O) groups excluding carboxylic acids is 2. The molecular weight excluding hydrogens is 278 g/mol. The number of hydrogen-bond donors (Lipinski definition) is 2. The monoisotopic (exact) mass is 291 g/mol. The minimum atomic E-state index is -0.599. The van der Waals surface area contributed by atoms with Crippen LogP contribution < -0.4 is 10.6 Å². The summed E-state index contributed by atoms with van der Waals surface area (Å²) >= 11 is 0. The van der Waals surface area contributed by atoms with Gasteiger partial charge in [-0.15, -0.1) is 0 Å². The molecule has 0 bridgehead atoms. The van der Waals surface area contributed by atoms with Crippen LogP contribution >= 0.6 is 0 Å². The molecule has 0 aliphatic carbocycles. The minimum Gasteiger partial charge on any atom is -0.340 e. The average Bonchev–Trinajstić information content (AvgIpc) is 2.55. The molecule has 1 heterocycles. The molecule has 0 radical (unpaired) electrons. The van der Waals surface area contributed by atoms with Crippen molar-refractivity contribution in [3.8, 4) is 6.07 Å². The maximum Gasteiger partial charge on any atom is 0.252 e. The Balaban J connectivity index is 1.73. The van der Waals surface area contributed by atoms with Crippen molar-refractivity contribution in [1.82, 2.24) is 5.32 Å². The Labute approximate surface area is 127 Å². The van der Waals surface area contributed by atoms with E-state index in [0.717, 1.165) is 5.56 Å². The van der Waals surface area contributed by atoms with Gasteiger partial charge in [0.2, 0.25) is 5.91 Å². The van der Waals surface area contributed by atoms with Crippen LogP contribution in [-0.4, -0.2) is 17.9 Å². The fourth-order valence-corrected chi connectivity index (χ4v) is 2.44. The van der Waals surface area contributed by atoms with Crippen LogP contribution in [0, 0.1) is 11.3 Å². The third kappa shape index (κ3) is 2.67. The van der Waals surface area contributed by atoms with Crippen molar-refractivity contribution in [2.75, 3.05) is 5.32 Å². The number of carbonyl (C=O) groups is 2. The van der Waals surface area contributed by atoms with Gasteiger partial charge in [0.1, 0.15) is 6.04 Å². The summed E-state index contributed by atoms with van der Waals surface area (Å²) in [5.41, 5.74) is 2.60. The van der Waals surface area contributed by atoms with Crippen LogP contribution in [0.5, 0.6) is 0 Å². The quantitative estimate of drug-likeness (QED) is 0.886. The van der Waals surface area contributed by atoms with Crippen LogP contribution in [0.1, 0.15) is 21.5 Å². The Hall–Kier alpha value is -3.13. The predicted molar refractivity (Wildman–Crippen MR) is 81.2 cm³/mol. The maximum atomic E-state index is 12.3. The van der Waals surface area contributed by atoms with Gasteiger partial charge in [-0.05, 0) is 35.9 Å². The van der Waals surface area contributed by atoms with E-state index in [1.165, 1.54) is 0 Å². The topological polar surface area (TPSA) is 82.0 Å². The number of nitrogens with one attached hydrogen (secondary N) is 2. The zero-order valence-electron chi connectivity index (χ0n) is 11.7. The van der Waals surface area contributed by atoms with Gasteiger partial charge in [0.15, 0.2) is 0 Å². The summed E-state index contributed by atoms with van der Waals surface area (Å²) in [7, 11) is 0. The Bertz CT molecular complexity index is 775. The number of nitrogens with zero attached hydrogens (tertiary/aromatic N) is 1. The molecule has 2 amide bonds. The third-order valence-electron chi connectivity index (χ3n) is 3.59. The van der Waals surface area contributed by atoms with Crippen LogP contribution in [-0.2, 0) is 11.2 Å². The predicted octanol–water partition coefficient (Wildman–Crippen LogP) is 1.85. The molecule has 1 atom stereocenters. The molecule has 2 aromatic carbocycles. The van der Waals surface area contributed by atoms with E-state index in [9.17, 15) is 9.59 Å². The van der Waals surface area contributed by atoms with Gasteiger partial charge in [-0.1, -0.05) is 18.2 Å². The van der Waals surface area contributed by atoms with E-state index in [4.69, 9.17) is 5.26 Å². The highest BCUT2D eigenvalue weighted by atomic mass is 16.2. The molecule has 1 unspecified atom stereocenters. The highest BCUT2D eigenvalue weighted by Gasteiger charge is 2.28. The van der Waals surface area contributed by atoms with Crippen LogP contribution in [0.25, 0.3) is 0 Å². The average molecular weight is 291 g/mol. The summed E-state index contributed by atoms with van der Waals surface area (Å²) in [5.74, 6) is -0.505. The summed E-state index contributed by atoms with van der Waals surface area (Å²) in [4.78, 5) is 24.3. The largest absolute Gasteiger partial charge is 0.340 e. The van der Waals surface area contributed by atoms with E-state index in [0.29, 0.717) is 23.2 Å². The molecule has 1 aliphatic heterocycles. The van der Waals surface area contributed by atoms with Gasteiger partial charge in [-0.25, -0.2) is 0 Å². The standard InChI is InChI=1S/C17H13N3O2/c18-10-11-5-7-13(8-6-11)19-17(22)15-9-12-3-1-2-4-14(12)16(21)20-15/h1-8,15H,9H2,(H,19,22)(H,20,21). The van der Waals surface area contributed by atoms with Crippen molar-refractivity contribution in [2.24, 2.45) is 0 Å². The van der Waals surface area contributed by atoms with E-state index in [-0.39, 0.29) is 11.8 Å². The first-order chi connectivity index (χ1) is 10.7. The van der Waals surface area contributed by atoms with Crippen LogP contribution in [0.4, 0.5) is 5.69 Å². The second-order valence-corrected chi connectivity index (χ2v) is 5.07. The van der Waals surface area contributed by atoms with E-state index >= 15 is 0 Å². The lowest BCUT2D eigenvalue weighted by Crippen LogP contribution is -2.48. The molecule has 0 saturated carbocycles. The van der Waals surface area contributed by atoms with Gasteiger partial charge in [0, 0.05) is 17.7 Å². The molecule has 3 rings (SSSR count). The molecule has 5 nitrogen and oxygen atoms in total. The van der Waals surface area contributed by atoms with Gasteiger partial charge >= 0.3 is 0 Å². The van der Waals surface area contributed by atoms with Gasteiger partial charge in [-0.2, -0.15) is 5.26 Å². The van der Waals surface area contributed by atoms with Gasteiger partial charge in [0.25, 0.3) is 5.91 Å². The van der Waals surface area contributed by atoms with Crippen molar-refractivity contribution in [1.29, 1.82) is 5.26 Å². The number of nitriles is 1. The smallest absolute Gasteiger partial charge is 0.252 e. The first-order valence-corrected chi connectivity index (χ1v) is 6.87. The van der Waals surface area contributed by atoms with E-state index in [1.807, 2.05) is 18.2 Å². The van der Waals surface area contributed by atoms with Crippen molar-refractivity contribution >= 4 is 17.5 Å². The first-order valence-electron chi connectivity index (χ1n) is 6.87. The molecule has 0 saturated heterocycles. The summed E-state index contributed by atoms with van der Waals surface area (Å²) in [6, 6.07) is 15.3. The summed E-state index contributed by atoms with van der Waals surface area (Å²) < 4.78 is 0. The first kappa shape index (κ1) is 13.8. The zero-order valence-corrected chi connectivity index (χ0v) is 11.7. The summed E-state index contributed by atoms with van der Waals surface area (Å²) in [6.45, 7) is 0. The number of benzene rings is 2. The van der Waals surface area contributed by atoms with Crippen LogP contribution in [0.15, 0.2) is 48.5 Å². The van der Waals surface area contributed by atoms with Gasteiger partial charge in [-0.3, -0.25) is 9.59 Å². The number of anilines is 1.